The van der Waals surface area contributed by atoms with Crippen LogP contribution in [0.4, 0.5) is 0 Å². The maximum atomic E-state index is 5.28. The Bertz CT molecular complexity index is 563. The number of rotatable bonds is 4. The van der Waals surface area contributed by atoms with Crippen LogP contribution in [-0.2, 0) is 6.54 Å². The molecule has 18 heavy (non-hydrogen) atoms. The summed E-state index contributed by atoms with van der Waals surface area (Å²) in [5, 5.41) is 7.34. The highest BCUT2D eigenvalue weighted by atomic mass is 79.9. The van der Waals surface area contributed by atoms with Crippen molar-refractivity contribution in [2.75, 3.05) is 0 Å². The Labute approximate surface area is 114 Å². The fraction of sp³-hybridized carbons (Fsp3) is 0.385. The van der Waals surface area contributed by atoms with E-state index in [-0.39, 0.29) is 0 Å². The molecule has 1 N–H and O–H groups in total. The van der Waals surface area contributed by atoms with Gasteiger partial charge in [-0.25, -0.2) is 0 Å². The van der Waals surface area contributed by atoms with Gasteiger partial charge < -0.3 is 9.84 Å². The Hall–Kier alpha value is -1.20. The average molecular weight is 308 g/mol. The summed E-state index contributed by atoms with van der Waals surface area (Å²) < 4.78 is 6.33. The molecule has 0 atom stereocenters. The Morgan fingerprint density at radius 2 is 2.28 bits per heavy atom. The maximum absolute atomic E-state index is 5.28. The van der Waals surface area contributed by atoms with Crippen LogP contribution in [-0.4, -0.2) is 16.2 Å². The molecule has 0 saturated heterocycles. The van der Waals surface area contributed by atoms with Gasteiger partial charge in [-0.1, -0.05) is 27.2 Å². The number of benzene rings is 1. The van der Waals surface area contributed by atoms with Gasteiger partial charge in [0, 0.05) is 16.1 Å². The predicted molar refractivity (Wildman–Crippen MR) is 72.0 cm³/mol. The molecular weight excluding hydrogens is 294 g/mol. The first kappa shape index (κ1) is 11.9. The zero-order valence-corrected chi connectivity index (χ0v) is 11.7. The second kappa shape index (κ2) is 4.82. The van der Waals surface area contributed by atoms with Crippen molar-refractivity contribution in [1.82, 2.24) is 15.5 Å². The van der Waals surface area contributed by atoms with Gasteiger partial charge in [-0.2, -0.15) is 4.98 Å². The van der Waals surface area contributed by atoms with Gasteiger partial charge in [0.05, 0.1) is 6.54 Å². The third kappa shape index (κ3) is 2.62. The van der Waals surface area contributed by atoms with Gasteiger partial charge in [0.1, 0.15) is 0 Å². The predicted octanol–water partition coefficient (Wildman–Crippen LogP) is 3.06. The molecule has 0 unspecified atom stereocenters. The Kier molecular flexibility index (Phi) is 3.18. The van der Waals surface area contributed by atoms with E-state index in [0.717, 1.165) is 10.0 Å². The summed E-state index contributed by atoms with van der Waals surface area (Å²) in [6.07, 6.45) is 2.52. The highest BCUT2D eigenvalue weighted by Crippen LogP contribution is 2.24. The van der Waals surface area contributed by atoms with Crippen molar-refractivity contribution >= 4 is 15.9 Å². The van der Waals surface area contributed by atoms with Crippen molar-refractivity contribution in [1.29, 1.82) is 0 Å². The van der Waals surface area contributed by atoms with E-state index in [2.05, 4.69) is 31.4 Å². The van der Waals surface area contributed by atoms with E-state index in [1.165, 1.54) is 18.4 Å². The second-order valence-corrected chi connectivity index (χ2v) is 5.49. The average Bonchev–Trinajstić information content (AvgIpc) is 3.08. The first-order valence-corrected chi connectivity index (χ1v) is 6.84. The molecule has 1 aliphatic rings. The number of aromatic nitrogens is 2. The van der Waals surface area contributed by atoms with Crippen LogP contribution in [0, 0.1) is 6.92 Å². The van der Waals surface area contributed by atoms with Gasteiger partial charge >= 0.3 is 0 Å². The van der Waals surface area contributed by atoms with E-state index in [0.29, 0.717) is 24.3 Å². The van der Waals surface area contributed by atoms with Crippen LogP contribution in [0.2, 0.25) is 0 Å². The summed E-state index contributed by atoms with van der Waals surface area (Å²) in [6, 6.07) is 6.68. The molecular formula is C13H14BrN3O. The molecule has 4 nitrogen and oxygen atoms in total. The maximum Gasteiger partial charge on any atom is 0.258 e. The monoisotopic (exact) mass is 307 g/mol. The summed E-state index contributed by atoms with van der Waals surface area (Å²) in [5.41, 5.74) is 2.13. The number of hydrogen-bond acceptors (Lipinski definition) is 4. The number of halogens is 1. The summed E-state index contributed by atoms with van der Waals surface area (Å²) in [7, 11) is 0. The minimum absolute atomic E-state index is 0.572. The number of hydrogen-bond donors (Lipinski definition) is 1. The smallest absolute Gasteiger partial charge is 0.258 e. The topological polar surface area (TPSA) is 51.0 Å². The molecule has 2 aromatic rings. The van der Waals surface area contributed by atoms with E-state index < -0.39 is 0 Å². The zero-order valence-electron chi connectivity index (χ0n) is 10.1. The first-order chi connectivity index (χ1) is 8.72. The van der Waals surface area contributed by atoms with Crippen LogP contribution in [0.25, 0.3) is 11.5 Å². The summed E-state index contributed by atoms with van der Waals surface area (Å²) >= 11 is 3.51. The Balaban J connectivity index is 1.76. The summed E-state index contributed by atoms with van der Waals surface area (Å²) in [5.74, 6) is 1.29. The van der Waals surface area contributed by atoms with Gasteiger partial charge in [0.2, 0.25) is 0 Å². The molecule has 0 bridgehead atoms. The van der Waals surface area contributed by atoms with Crippen molar-refractivity contribution in [3.63, 3.8) is 0 Å². The van der Waals surface area contributed by atoms with E-state index in [4.69, 9.17) is 4.52 Å². The van der Waals surface area contributed by atoms with Crippen molar-refractivity contribution in [2.24, 2.45) is 0 Å². The van der Waals surface area contributed by atoms with Crippen LogP contribution < -0.4 is 5.32 Å². The fourth-order valence-corrected chi connectivity index (χ4v) is 2.07. The van der Waals surface area contributed by atoms with E-state index >= 15 is 0 Å². The van der Waals surface area contributed by atoms with E-state index in [1.807, 2.05) is 25.1 Å². The molecule has 0 amide bonds. The van der Waals surface area contributed by atoms with E-state index in [9.17, 15) is 0 Å². The van der Waals surface area contributed by atoms with Gasteiger partial charge in [-0.3, -0.25) is 0 Å². The molecule has 5 heteroatoms. The Morgan fingerprint density at radius 3 is 3.00 bits per heavy atom. The number of nitrogens with one attached hydrogen (secondary N) is 1. The molecule has 1 saturated carbocycles. The number of nitrogens with zero attached hydrogens (tertiary/aromatic N) is 2. The van der Waals surface area contributed by atoms with Crippen LogP contribution in [0.5, 0.6) is 0 Å². The van der Waals surface area contributed by atoms with Crippen LogP contribution in [0.1, 0.15) is 24.2 Å². The molecule has 0 aliphatic heterocycles. The lowest BCUT2D eigenvalue weighted by molar-refractivity contribution is 0.419. The lowest BCUT2D eigenvalue weighted by Gasteiger charge is -1.99. The third-order valence-corrected chi connectivity index (χ3v) is 3.87. The highest BCUT2D eigenvalue weighted by molar-refractivity contribution is 9.10. The van der Waals surface area contributed by atoms with Crippen molar-refractivity contribution in [3.8, 4) is 11.5 Å². The zero-order chi connectivity index (χ0) is 12.5. The highest BCUT2D eigenvalue weighted by Gasteiger charge is 2.21. The largest absolute Gasteiger partial charge is 0.334 e. The molecule has 0 radical (unpaired) electrons. The summed E-state index contributed by atoms with van der Waals surface area (Å²) in [4.78, 5) is 4.39. The molecule has 0 spiro atoms. The standard InChI is InChI=1S/C13H14BrN3O/c1-8-2-3-9(6-11(8)14)13-16-12(17-18-13)7-15-10-4-5-10/h2-3,6,10,15H,4-5,7H2,1H3. The minimum Gasteiger partial charge on any atom is -0.334 e. The molecule has 1 aromatic carbocycles. The van der Waals surface area contributed by atoms with Crippen LogP contribution in [0.15, 0.2) is 27.2 Å². The SMILES string of the molecule is Cc1ccc(-c2nc(CNC3CC3)no2)cc1Br. The molecule has 94 valence electrons. The van der Waals surface area contributed by atoms with Crippen molar-refractivity contribution in [2.45, 2.75) is 32.4 Å². The van der Waals surface area contributed by atoms with E-state index in [1.54, 1.807) is 0 Å². The fourth-order valence-electron chi connectivity index (χ4n) is 1.69. The molecule has 1 fully saturated rings. The lowest BCUT2D eigenvalue weighted by Crippen LogP contribution is -2.16. The van der Waals surface area contributed by atoms with Crippen LogP contribution in [0.3, 0.4) is 0 Å². The summed E-state index contributed by atoms with van der Waals surface area (Å²) in [6.45, 7) is 2.73. The molecule has 3 rings (SSSR count). The quantitative estimate of drug-likeness (QED) is 0.943. The van der Waals surface area contributed by atoms with Crippen molar-refractivity contribution < 1.29 is 4.52 Å². The Morgan fingerprint density at radius 1 is 1.44 bits per heavy atom. The van der Waals surface area contributed by atoms with Gasteiger partial charge in [-0.15, -0.1) is 0 Å². The first-order valence-electron chi connectivity index (χ1n) is 6.05. The van der Waals surface area contributed by atoms with Gasteiger partial charge in [0.25, 0.3) is 5.89 Å². The lowest BCUT2D eigenvalue weighted by atomic mass is 10.1. The van der Waals surface area contributed by atoms with Gasteiger partial charge in [-0.05, 0) is 37.5 Å². The molecule has 1 aliphatic carbocycles. The minimum atomic E-state index is 0.572. The molecule has 1 aromatic heterocycles. The number of aryl methyl sites for hydroxylation is 1. The van der Waals surface area contributed by atoms with Crippen LogP contribution >= 0.6 is 15.9 Å². The van der Waals surface area contributed by atoms with Gasteiger partial charge in [0.15, 0.2) is 5.82 Å². The molecule has 1 heterocycles. The third-order valence-electron chi connectivity index (χ3n) is 3.01. The second-order valence-electron chi connectivity index (χ2n) is 4.63. The van der Waals surface area contributed by atoms with Crippen molar-refractivity contribution in [3.05, 3.63) is 34.1 Å². The normalized spacial score (nSPS) is 15.0.